The van der Waals surface area contributed by atoms with Crippen molar-refractivity contribution in [2.45, 2.75) is 38.6 Å². The van der Waals surface area contributed by atoms with E-state index >= 15 is 0 Å². The van der Waals surface area contributed by atoms with E-state index in [-0.39, 0.29) is 18.4 Å². The van der Waals surface area contributed by atoms with E-state index in [1.54, 1.807) is 0 Å². The molecule has 1 aromatic carbocycles. The van der Waals surface area contributed by atoms with Crippen LogP contribution in [0.1, 0.15) is 36.9 Å². The minimum Gasteiger partial charge on any atom is -0.396 e. The van der Waals surface area contributed by atoms with Crippen LogP contribution >= 0.6 is 15.9 Å². The highest BCUT2D eigenvalue weighted by Crippen LogP contribution is 2.40. The first-order valence-electron chi connectivity index (χ1n) is 7.46. The molecule has 0 bridgehead atoms. The van der Waals surface area contributed by atoms with Gasteiger partial charge in [0, 0.05) is 34.2 Å². The zero-order chi connectivity index (χ0) is 15.0. The fraction of sp³-hybridized carbons (Fsp3) is 0.471. The molecule has 0 spiro atoms. The minimum atomic E-state index is 0.00288. The summed E-state index contributed by atoms with van der Waals surface area (Å²) < 4.78 is 3.37. The van der Waals surface area contributed by atoms with Crippen molar-refractivity contribution >= 4 is 26.8 Å². The van der Waals surface area contributed by atoms with Crippen LogP contribution in [0.3, 0.4) is 0 Å². The van der Waals surface area contributed by atoms with Gasteiger partial charge in [-0.05, 0) is 42.9 Å². The van der Waals surface area contributed by atoms with E-state index in [1.165, 1.54) is 22.2 Å². The highest BCUT2D eigenvalue weighted by atomic mass is 79.9. The first-order valence-corrected chi connectivity index (χ1v) is 8.26. The lowest BCUT2D eigenvalue weighted by molar-refractivity contribution is 0.223. The van der Waals surface area contributed by atoms with Crippen molar-refractivity contribution in [3.63, 3.8) is 0 Å². The number of rotatable bonds is 3. The van der Waals surface area contributed by atoms with Gasteiger partial charge in [-0.1, -0.05) is 28.9 Å². The number of nitrogens with zero attached hydrogens (tertiary/aromatic N) is 2. The Morgan fingerprint density at radius 2 is 2.33 bits per heavy atom. The number of aliphatic hydroxyl groups is 1. The van der Waals surface area contributed by atoms with E-state index in [0.29, 0.717) is 0 Å². The van der Waals surface area contributed by atoms with E-state index < -0.39 is 0 Å². The van der Waals surface area contributed by atoms with Gasteiger partial charge in [0.25, 0.3) is 0 Å². The normalized spacial score (nSPS) is 19.2. The third-order valence-corrected chi connectivity index (χ3v) is 4.89. The van der Waals surface area contributed by atoms with Gasteiger partial charge in [0.15, 0.2) is 0 Å². The van der Waals surface area contributed by atoms with Gasteiger partial charge in [-0.3, -0.25) is 0 Å². The Kier molecular flexibility index (Phi) is 4.05. The summed E-state index contributed by atoms with van der Waals surface area (Å²) in [6, 6.07) is 8.77. The number of aliphatic hydroxyl groups excluding tert-OH is 1. The molecule has 2 atom stereocenters. The SMILES string of the molecule is C[C@H](CO)Cn1c2c(c3ccc(Br)cc31)C(C#N)CCC2. The number of benzene rings is 1. The second kappa shape index (κ2) is 5.82. The molecule has 1 aliphatic carbocycles. The van der Waals surface area contributed by atoms with E-state index in [0.717, 1.165) is 30.3 Å². The number of fused-ring (bicyclic) bond motifs is 3. The largest absolute Gasteiger partial charge is 0.396 e. The van der Waals surface area contributed by atoms with E-state index in [4.69, 9.17) is 0 Å². The predicted molar refractivity (Wildman–Crippen MR) is 87.2 cm³/mol. The Hall–Kier alpha value is -1.31. The summed E-state index contributed by atoms with van der Waals surface area (Å²) in [6.07, 6.45) is 3.04. The quantitative estimate of drug-likeness (QED) is 0.913. The van der Waals surface area contributed by atoms with Crippen LogP contribution in [0.5, 0.6) is 0 Å². The average Bonchev–Trinajstić information content (AvgIpc) is 2.80. The second-order valence-electron chi connectivity index (χ2n) is 5.99. The van der Waals surface area contributed by atoms with Crippen molar-refractivity contribution in [3.8, 4) is 6.07 Å². The molecule has 1 N–H and O–H groups in total. The van der Waals surface area contributed by atoms with Gasteiger partial charge in [-0.25, -0.2) is 0 Å². The molecule has 4 heteroatoms. The van der Waals surface area contributed by atoms with Gasteiger partial charge in [-0.15, -0.1) is 0 Å². The molecule has 2 aromatic rings. The maximum Gasteiger partial charge on any atom is 0.0736 e. The van der Waals surface area contributed by atoms with Gasteiger partial charge in [0.2, 0.25) is 0 Å². The lowest BCUT2D eigenvalue weighted by atomic mass is 9.86. The Morgan fingerprint density at radius 3 is 3.05 bits per heavy atom. The fourth-order valence-corrected chi connectivity index (χ4v) is 3.73. The maximum atomic E-state index is 9.48. The molecular formula is C17H19BrN2O. The van der Waals surface area contributed by atoms with Gasteiger partial charge in [0.1, 0.15) is 0 Å². The monoisotopic (exact) mass is 346 g/mol. The Morgan fingerprint density at radius 1 is 1.52 bits per heavy atom. The highest BCUT2D eigenvalue weighted by molar-refractivity contribution is 9.10. The third kappa shape index (κ3) is 2.49. The highest BCUT2D eigenvalue weighted by Gasteiger charge is 2.27. The van der Waals surface area contributed by atoms with Gasteiger partial charge in [-0.2, -0.15) is 5.26 Å². The molecule has 0 aliphatic heterocycles. The molecule has 21 heavy (non-hydrogen) atoms. The number of aromatic nitrogens is 1. The standard InChI is InChI=1S/C17H19BrN2O/c1-11(10-21)9-20-15-4-2-3-12(8-19)17(15)14-6-5-13(18)7-16(14)20/h5-7,11-12,21H,2-4,9-10H2,1H3/t11-,12?/m0/s1. The molecule has 0 amide bonds. The molecule has 1 unspecified atom stereocenters. The number of hydrogen-bond donors (Lipinski definition) is 1. The molecule has 0 saturated heterocycles. The summed E-state index contributed by atoms with van der Waals surface area (Å²) in [5.41, 5.74) is 3.69. The van der Waals surface area contributed by atoms with Crippen LogP contribution in [-0.4, -0.2) is 16.3 Å². The molecule has 3 nitrogen and oxygen atoms in total. The van der Waals surface area contributed by atoms with Crippen LogP contribution in [0, 0.1) is 17.2 Å². The lowest BCUT2D eigenvalue weighted by Crippen LogP contribution is -2.16. The maximum absolute atomic E-state index is 9.48. The van der Waals surface area contributed by atoms with Crippen LogP contribution < -0.4 is 0 Å². The predicted octanol–water partition coefficient (Wildman–Crippen LogP) is 3.98. The Labute approximate surface area is 133 Å². The first kappa shape index (κ1) is 14.6. The van der Waals surface area contributed by atoms with Crippen LogP contribution in [0.15, 0.2) is 22.7 Å². The first-order chi connectivity index (χ1) is 10.2. The molecule has 1 aliphatic rings. The van der Waals surface area contributed by atoms with Crippen LogP contribution in [0.2, 0.25) is 0 Å². The van der Waals surface area contributed by atoms with Crippen molar-refractivity contribution in [3.05, 3.63) is 33.9 Å². The van der Waals surface area contributed by atoms with Gasteiger partial charge < -0.3 is 9.67 Å². The third-order valence-electron chi connectivity index (χ3n) is 4.39. The van der Waals surface area contributed by atoms with Crippen molar-refractivity contribution in [2.24, 2.45) is 5.92 Å². The Balaban J connectivity index is 2.25. The topological polar surface area (TPSA) is 49.0 Å². The smallest absolute Gasteiger partial charge is 0.0736 e. The Bertz CT molecular complexity index is 714. The molecule has 0 radical (unpaired) electrons. The number of nitriles is 1. The van der Waals surface area contributed by atoms with Crippen LogP contribution in [-0.2, 0) is 13.0 Å². The zero-order valence-electron chi connectivity index (χ0n) is 12.1. The van der Waals surface area contributed by atoms with Crippen molar-refractivity contribution in [2.75, 3.05) is 6.61 Å². The molecular weight excluding hydrogens is 328 g/mol. The van der Waals surface area contributed by atoms with Crippen molar-refractivity contribution in [1.29, 1.82) is 5.26 Å². The second-order valence-corrected chi connectivity index (χ2v) is 6.91. The molecule has 1 heterocycles. The zero-order valence-corrected chi connectivity index (χ0v) is 13.7. The number of halogens is 1. The molecule has 0 fully saturated rings. The average molecular weight is 347 g/mol. The molecule has 3 rings (SSSR count). The summed E-state index contributed by atoms with van der Waals surface area (Å²) in [5.74, 6) is 0.217. The van der Waals surface area contributed by atoms with Crippen LogP contribution in [0.25, 0.3) is 10.9 Å². The minimum absolute atomic E-state index is 0.00288. The molecule has 110 valence electrons. The van der Waals surface area contributed by atoms with E-state index in [9.17, 15) is 10.4 Å². The van der Waals surface area contributed by atoms with E-state index in [1.807, 2.05) is 6.07 Å². The summed E-state index contributed by atoms with van der Waals surface area (Å²) in [4.78, 5) is 0. The summed E-state index contributed by atoms with van der Waals surface area (Å²) in [7, 11) is 0. The van der Waals surface area contributed by atoms with Crippen molar-refractivity contribution < 1.29 is 5.11 Å². The lowest BCUT2D eigenvalue weighted by Gasteiger charge is -2.21. The van der Waals surface area contributed by atoms with Gasteiger partial charge in [0.05, 0.1) is 12.0 Å². The van der Waals surface area contributed by atoms with Crippen LogP contribution in [0.4, 0.5) is 0 Å². The fourth-order valence-electron chi connectivity index (χ4n) is 3.39. The summed E-state index contributed by atoms with van der Waals surface area (Å²) in [6.45, 7) is 3.04. The molecule has 0 saturated carbocycles. The van der Waals surface area contributed by atoms with Crippen molar-refractivity contribution in [1.82, 2.24) is 4.57 Å². The summed E-state index contributed by atoms with van der Waals surface area (Å²) in [5, 5.41) is 20.1. The molecule has 1 aromatic heterocycles. The summed E-state index contributed by atoms with van der Waals surface area (Å²) >= 11 is 3.55. The van der Waals surface area contributed by atoms with Gasteiger partial charge >= 0.3 is 0 Å². The number of hydrogen-bond acceptors (Lipinski definition) is 2. The van der Waals surface area contributed by atoms with E-state index in [2.05, 4.69) is 45.6 Å².